The highest BCUT2D eigenvalue weighted by atomic mass is 16.6. The maximum atomic E-state index is 12.5. The Labute approximate surface area is 216 Å². The van der Waals surface area contributed by atoms with Gasteiger partial charge < -0.3 is 19.2 Å². The van der Waals surface area contributed by atoms with E-state index in [2.05, 4.69) is 45.4 Å². The number of rotatable bonds is 11. The highest BCUT2D eigenvalue weighted by Gasteiger charge is 2.27. The normalized spacial score (nSPS) is 11.0. The molecule has 10 heteroatoms. The smallest absolute Gasteiger partial charge is 0.361 e. The maximum Gasteiger partial charge on any atom is 0.361 e. The van der Waals surface area contributed by atoms with Crippen LogP contribution in [0.15, 0.2) is 60.5 Å². The molecule has 0 saturated carbocycles. The van der Waals surface area contributed by atoms with Crippen LogP contribution in [-0.4, -0.2) is 50.0 Å². The van der Waals surface area contributed by atoms with Crippen LogP contribution in [0, 0.1) is 13.8 Å². The summed E-state index contributed by atoms with van der Waals surface area (Å²) >= 11 is 0. The van der Waals surface area contributed by atoms with Gasteiger partial charge in [0.15, 0.2) is 0 Å². The molecule has 194 valence electrons. The summed E-state index contributed by atoms with van der Waals surface area (Å²) in [4.78, 5) is 33.3. The fourth-order valence-corrected chi connectivity index (χ4v) is 3.43. The van der Waals surface area contributed by atoms with Crippen LogP contribution >= 0.6 is 0 Å². The van der Waals surface area contributed by atoms with Crippen LogP contribution in [0.25, 0.3) is 5.70 Å². The molecule has 3 rings (SSSR count). The van der Waals surface area contributed by atoms with E-state index < -0.39 is 5.97 Å². The molecule has 0 fully saturated rings. The number of oxime groups is 1. The van der Waals surface area contributed by atoms with Gasteiger partial charge in [0.2, 0.25) is 11.6 Å². The zero-order valence-corrected chi connectivity index (χ0v) is 21.9. The van der Waals surface area contributed by atoms with Crippen molar-refractivity contribution in [1.29, 1.82) is 0 Å². The van der Waals surface area contributed by atoms with Gasteiger partial charge in [-0.25, -0.2) is 14.8 Å². The van der Waals surface area contributed by atoms with Gasteiger partial charge in [-0.2, -0.15) is 0 Å². The number of anilines is 1. The van der Waals surface area contributed by atoms with E-state index in [1.54, 1.807) is 37.2 Å². The first-order valence-electron chi connectivity index (χ1n) is 11.4. The molecule has 0 amide bonds. The lowest BCUT2D eigenvalue weighted by molar-refractivity contribution is -0.132. The van der Waals surface area contributed by atoms with Gasteiger partial charge in [-0.1, -0.05) is 47.6 Å². The van der Waals surface area contributed by atoms with E-state index >= 15 is 0 Å². The second-order valence-electron chi connectivity index (χ2n) is 8.32. The van der Waals surface area contributed by atoms with Crippen molar-refractivity contribution < 1.29 is 23.9 Å². The van der Waals surface area contributed by atoms with Gasteiger partial charge in [-0.05, 0) is 37.1 Å². The fraction of sp³-hybridized carbons (Fsp3) is 0.259. The van der Waals surface area contributed by atoms with E-state index in [9.17, 15) is 4.79 Å². The summed E-state index contributed by atoms with van der Waals surface area (Å²) in [7, 11) is 6.11. The summed E-state index contributed by atoms with van der Waals surface area (Å²) in [5, 5.41) is 3.84. The van der Waals surface area contributed by atoms with Gasteiger partial charge in [-0.3, -0.25) is 10.3 Å². The number of benzene rings is 2. The number of nitrogens with zero attached hydrogens (tertiary/aromatic N) is 4. The first-order valence-corrected chi connectivity index (χ1v) is 11.4. The number of ether oxygens (including phenoxy) is 2. The quantitative estimate of drug-likeness (QED) is 0.233. The fourth-order valence-electron chi connectivity index (χ4n) is 3.43. The van der Waals surface area contributed by atoms with Gasteiger partial charge >= 0.3 is 5.97 Å². The SMILES string of the molecule is C=C(NOCc1cc(C)ccc1C)c1cccc(Oc2ncnc(N(C)C)c2C(=NOC)C(=O)OC)c1. The average Bonchev–Trinajstić information content (AvgIpc) is 2.89. The third-order valence-electron chi connectivity index (χ3n) is 5.34. The van der Waals surface area contributed by atoms with Crippen molar-refractivity contribution in [3.8, 4) is 11.6 Å². The Morgan fingerprint density at radius 1 is 1.11 bits per heavy atom. The second-order valence-corrected chi connectivity index (χ2v) is 8.32. The van der Waals surface area contributed by atoms with Gasteiger partial charge in [0.05, 0.1) is 19.4 Å². The number of hydrogen-bond donors (Lipinski definition) is 1. The summed E-state index contributed by atoms with van der Waals surface area (Å²) in [6.07, 6.45) is 1.33. The van der Waals surface area contributed by atoms with E-state index in [0.717, 1.165) is 16.7 Å². The Morgan fingerprint density at radius 3 is 2.59 bits per heavy atom. The van der Waals surface area contributed by atoms with E-state index in [-0.39, 0.29) is 17.2 Å². The Balaban J connectivity index is 1.83. The topological polar surface area (TPSA) is 107 Å². The predicted molar refractivity (Wildman–Crippen MR) is 141 cm³/mol. The predicted octanol–water partition coefficient (Wildman–Crippen LogP) is 4.17. The Morgan fingerprint density at radius 2 is 1.89 bits per heavy atom. The largest absolute Gasteiger partial charge is 0.464 e. The Kier molecular flexibility index (Phi) is 9.17. The lowest BCUT2D eigenvalue weighted by Gasteiger charge is -2.18. The summed E-state index contributed by atoms with van der Waals surface area (Å²) in [6.45, 7) is 8.53. The van der Waals surface area contributed by atoms with E-state index in [1.807, 2.05) is 19.9 Å². The number of methoxy groups -OCH3 is 1. The summed E-state index contributed by atoms with van der Waals surface area (Å²) < 4.78 is 11.0. The third-order valence-corrected chi connectivity index (χ3v) is 5.34. The number of carbonyl (C=O) groups is 1. The first kappa shape index (κ1) is 27.2. The van der Waals surface area contributed by atoms with Crippen LogP contribution in [0.3, 0.4) is 0 Å². The molecular formula is C27H31N5O5. The molecule has 1 heterocycles. The van der Waals surface area contributed by atoms with Crippen molar-refractivity contribution in [3.63, 3.8) is 0 Å². The van der Waals surface area contributed by atoms with Crippen LogP contribution in [0.1, 0.15) is 27.8 Å². The molecule has 1 N–H and O–H groups in total. The summed E-state index contributed by atoms with van der Waals surface area (Å²) in [5.74, 6) is 0.216. The van der Waals surface area contributed by atoms with Crippen LogP contribution in [0.4, 0.5) is 5.82 Å². The molecule has 0 saturated heterocycles. The molecule has 0 aliphatic heterocycles. The molecule has 10 nitrogen and oxygen atoms in total. The van der Waals surface area contributed by atoms with E-state index in [1.165, 1.54) is 26.1 Å². The van der Waals surface area contributed by atoms with Crippen molar-refractivity contribution in [2.45, 2.75) is 20.5 Å². The molecule has 3 aromatic rings. The minimum atomic E-state index is -0.725. The second kappa shape index (κ2) is 12.5. The number of nitrogens with one attached hydrogen (secondary N) is 1. The standard InChI is InChI=1S/C27H31N5O5/c1-17-11-12-18(2)21(13-17)15-36-30-19(3)20-9-8-10-22(14-20)37-26-23(24(31-35-7)27(33)34-6)25(32(4)5)28-16-29-26/h8-14,16,30H,3,15H2,1-2,4-7H3. The number of aryl methyl sites for hydroxylation is 2. The zero-order valence-electron chi connectivity index (χ0n) is 21.9. The maximum absolute atomic E-state index is 12.5. The molecular weight excluding hydrogens is 474 g/mol. The van der Waals surface area contributed by atoms with E-state index in [0.29, 0.717) is 23.9 Å². The number of hydrogen-bond acceptors (Lipinski definition) is 10. The van der Waals surface area contributed by atoms with Crippen molar-refractivity contribution in [2.24, 2.45) is 5.16 Å². The zero-order chi connectivity index (χ0) is 26.9. The van der Waals surface area contributed by atoms with Crippen LogP contribution in [0.5, 0.6) is 11.6 Å². The molecule has 0 atom stereocenters. The molecule has 0 radical (unpaired) electrons. The summed E-state index contributed by atoms with van der Waals surface area (Å²) in [6, 6.07) is 13.4. The van der Waals surface area contributed by atoms with Gasteiger partial charge in [0, 0.05) is 19.7 Å². The average molecular weight is 506 g/mol. The van der Waals surface area contributed by atoms with Crippen molar-refractivity contribution >= 4 is 23.2 Å². The van der Waals surface area contributed by atoms with Crippen molar-refractivity contribution in [3.05, 3.63) is 83.2 Å². The molecule has 0 spiro atoms. The number of esters is 1. The molecule has 0 unspecified atom stereocenters. The molecule has 0 bridgehead atoms. The van der Waals surface area contributed by atoms with Crippen molar-refractivity contribution in [2.75, 3.05) is 33.2 Å². The molecule has 1 aromatic heterocycles. The van der Waals surface area contributed by atoms with Gasteiger partial charge in [0.1, 0.15) is 30.6 Å². The van der Waals surface area contributed by atoms with Gasteiger partial charge in [-0.15, -0.1) is 0 Å². The third kappa shape index (κ3) is 6.83. The molecule has 0 aliphatic carbocycles. The first-order chi connectivity index (χ1) is 17.7. The minimum absolute atomic E-state index is 0.0989. The van der Waals surface area contributed by atoms with Crippen LogP contribution in [0.2, 0.25) is 0 Å². The Bertz CT molecular complexity index is 1310. The van der Waals surface area contributed by atoms with Crippen LogP contribution in [-0.2, 0) is 25.8 Å². The lowest BCUT2D eigenvalue weighted by atomic mass is 10.1. The van der Waals surface area contributed by atoms with Crippen molar-refractivity contribution in [1.82, 2.24) is 15.4 Å². The molecule has 2 aromatic carbocycles. The Hall–Kier alpha value is -4.44. The number of aromatic nitrogens is 2. The monoisotopic (exact) mass is 505 g/mol. The molecule has 37 heavy (non-hydrogen) atoms. The highest BCUT2D eigenvalue weighted by Crippen LogP contribution is 2.30. The van der Waals surface area contributed by atoms with Gasteiger partial charge in [0.25, 0.3) is 0 Å². The summed E-state index contributed by atoms with van der Waals surface area (Å²) in [5.41, 5.74) is 7.67. The lowest BCUT2D eigenvalue weighted by Crippen LogP contribution is -2.24. The highest BCUT2D eigenvalue weighted by molar-refractivity contribution is 6.44. The number of carbonyl (C=O) groups excluding carboxylic acids is 1. The minimum Gasteiger partial charge on any atom is -0.464 e. The molecule has 0 aliphatic rings. The van der Waals surface area contributed by atoms with E-state index in [4.69, 9.17) is 19.1 Å². The number of hydroxylamine groups is 1. The van der Waals surface area contributed by atoms with Crippen LogP contribution < -0.4 is 15.1 Å².